The number of benzene rings is 7. The van der Waals surface area contributed by atoms with Gasteiger partial charge in [0.1, 0.15) is 0 Å². The number of rotatable bonds is 3. The third kappa shape index (κ3) is 3.75. The molecule has 8 aromatic rings. The van der Waals surface area contributed by atoms with Gasteiger partial charge in [-0.3, -0.25) is 0 Å². The molecular weight excluding hydrogens is 522 g/mol. The van der Waals surface area contributed by atoms with Gasteiger partial charge >= 0.3 is 0 Å². The molecule has 0 aliphatic carbocycles. The Morgan fingerprint density at radius 3 is 1.86 bits per heavy atom. The van der Waals surface area contributed by atoms with Gasteiger partial charge < -0.3 is 4.90 Å². The maximum absolute atomic E-state index is 8.70. The Labute approximate surface area is 256 Å². The van der Waals surface area contributed by atoms with E-state index in [2.05, 4.69) is 77.7 Å². The van der Waals surface area contributed by atoms with Crippen molar-refractivity contribution < 1.29 is 6.85 Å². The second-order valence-electron chi connectivity index (χ2n) is 10.7. The third-order valence-corrected chi connectivity index (χ3v) is 8.22. The molecular formula is C40H25N3. The molecule has 0 saturated heterocycles. The molecule has 0 bridgehead atoms. The van der Waals surface area contributed by atoms with Crippen molar-refractivity contribution in [2.45, 2.75) is 0 Å². The molecule has 7 aromatic carbocycles. The normalized spacial score (nSPS) is 13.8. The second-order valence-corrected chi connectivity index (χ2v) is 10.7. The van der Waals surface area contributed by atoms with Crippen molar-refractivity contribution in [2.24, 2.45) is 0 Å². The van der Waals surface area contributed by atoms with Crippen LogP contribution in [0.3, 0.4) is 0 Å². The largest absolute Gasteiger partial charge is 0.309 e. The summed E-state index contributed by atoms with van der Waals surface area (Å²) in [5.74, 6) is 0. The Morgan fingerprint density at radius 1 is 0.488 bits per heavy atom. The van der Waals surface area contributed by atoms with E-state index < -0.39 is 18.1 Å². The van der Waals surface area contributed by atoms with Gasteiger partial charge in [0.2, 0.25) is 0 Å². The first-order valence-electron chi connectivity index (χ1n) is 16.7. The van der Waals surface area contributed by atoms with Crippen molar-refractivity contribution in [3.63, 3.8) is 0 Å². The van der Waals surface area contributed by atoms with Gasteiger partial charge in [-0.05, 0) is 64.2 Å². The Hall–Kier alpha value is -5.80. The Kier molecular flexibility index (Phi) is 4.21. The summed E-state index contributed by atoms with van der Waals surface area (Å²) in [4.78, 5) is 12.1. The maximum atomic E-state index is 8.70. The molecule has 9 rings (SSSR count). The number of hydrogen-bond acceptors (Lipinski definition) is 3. The lowest BCUT2D eigenvalue weighted by atomic mass is 9.89. The zero-order valence-corrected chi connectivity index (χ0v) is 22.9. The van der Waals surface area contributed by atoms with Crippen molar-refractivity contribution in [2.75, 3.05) is 4.90 Å². The summed E-state index contributed by atoms with van der Waals surface area (Å²) in [5.41, 5.74) is 8.13. The minimum atomic E-state index is -0.445. The summed E-state index contributed by atoms with van der Waals surface area (Å²) >= 11 is 0. The minimum Gasteiger partial charge on any atom is -0.309 e. The van der Waals surface area contributed by atoms with Crippen LogP contribution in [-0.2, 0) is 0 Å². The van der Waals surface area contributed by atoms with Crippen LogP contribution in [0, 0.1) is 0 Å². The average Bonchev–Trinajstić information content (AvgIpc) is 3.13. The number of nitrogens with zero attached hydrogens (tertiary/aromatic N) is 3. The molecule has 0 fully saturated rings. The minimum absolute atomic E-state index is 0.0263. The summed E-state index contributed by atoms with van der Waals surface area (Å²) in [6, 6.07) is 39.3. The highest BCUT2D eigenvalue weighted by Crippen LogP contribution is 2.52. The van der Waals surface area contributed by atoms with Crippen molar-refractivity contribution in [1.82, 2.24) is 9.97 Å². The molecule has 1 aliphatic heterocycles. The molecule has 0 N–H and O–H groups in total. The topological polar surface area (TPSA) is 29.0 Å². The second kappa shape index (κ2) is 9.37. The predicted molar refractivity (Wildman–Crippen MR) is 179 cm³/mol. The van der Waals surface area contributed by atoms with Crippen LogP contribution in [-0.4, -0.2) is 9.97 Å². The van der Waals surface area contributed by atoms with Crippen LogP contribution >= 0.6 is 0 Å². The molecule has 0 saturated carbocycles. The zero-order valence-electron chi connectivity index (χ0n) is 27.9. The van der Waals surface area contributed by atoms with Crippen molar-refractivity contribution >= 4 is 49.6 Å². The zero-order chi connectivity index (χ0) is 32.7. The molecule has 1 aromatic heterocycles. The Morgan fingerprint density at radius 2 is 1.12 bits per heavy atom. The van der Waals surface area contributed by atoms with E-state index in [1.807, 2.05) is 48.5 Å². The fraction of sp³-hybridized carbons (Fsp3) is 0. The van der Waals surface area contributed by atoms with E-state index in [1.54, 1.807) is 0 Å². The van der Waals surface area contributed by atoms with Gasteiger partial charge in [-0.25, -0.2) is 9.97 Å². The van der Waals surface area contributed by atoms with Gasteiger partial charge in [0.15, 0.2) is 0 Å². The lowest BCUT2D eigenvalue weighted by molar-refractivity contribution is 1.27. The first-order chi connectivity index (χ1) is 23.4. The summed E-state index contributed by atoms with van der Waals surface area (Å²) in [7, 11) is 0. The molecule has 0 unspecified atom stereocenters. The lowest BCUT2D eigenvalue weighted by Gasteiger charge is -2.34. The van der Waals surface area contributed by atoms with Crippen LogP contribution < -0.4 is 4.90 Å². The number of aromatic nitrogens is 2. The van der Waals surface area contributed by atoms with E-state index in [4.69, 9.17) is 16.8 Å². The fourth-order valence-electron chi connectivity index (χ4n) is 6.28. The molecule has 0 atom stereocenters. The molecule has 3 heteroatoms. The van der Waals surface area contributed by atoms with Crippen LogP contribution in [0.2, 0.25) is 0 Å². The van der Waals surface area contributed by atoms with E-state index in [9.17, 15) is 0 Å². The highest BCUT2D eigenvalue weighted by molar-refractivity contribution is 6.15. The predicted octanol–water partition coefficient (Wildman–Crippen LogP) is 10.7. The van der Waals surface area contributed by atoms with Crippen LogP contribution in [0.25, 0.3) is 66.2 Å². The van der Waals surface area contributed by atoms with Crippen LogP contribution in [0.15, 0.2) is 152 Å². The number of hydrogen-bond donors (Lipinski definition) is 0. The van der Waals surface area contributed by atoms with Crippen molar-refractivity contribution in [3.05, 3.63) is 152 Å². The van der Waals surface area contributed by atoms with E-state index in [0.29, 0.717) is 22.3 Å². The standard InChI is InChI=1S/C40H25N3/c1-2-10-27(11-3-1)39-40(42-35-18-7-6-17-34(35)41-39)28-20-22-31(23-21-28)43-36-19-9-15-26-14-8-16-32(38(26)36)33-24-29-12-4-5-13-30(29)25-37(33)43/h1-25H/i1D,2D,3D,10D,11D. The first kappa shape index (κ1) is 19.3. The molecule has 43 heavy (non-hydrogen) atoms. The Bertz CT molecular complexity index is 2600. The average molecular weight is 553 g/mol. The van der Waals surface area contributed by atoms with E-state index in [0.717, 1.165) is 28.0 Å². The van der Waals surface area contributed by atoms with Crippen molar-refractivity contribution in [3.8, 4) is 33.6 Å². The van der Waals surface area contributed by atoms with Gasteiger partial charge in [0.05, 0.1) is 40.6 Å². The van der Waals surface area contributed by atoms with Gasteiger partial charge in [-0.1, -0.05) is 109 Å². The summed E-state index contributed by atoms with van der Waals surface area (Å²) < 4.78 is 42.1. The molecule has 0 radical (unpaired) electrons. The molecule has 3 nitrogen and oxygen atoms in total. The van der Waals surface area contributed by atoms with Gasteiger partial charge in [0, 0.05) is 27.8 Å². The SMILES string of the molecule is [2H]c1c([2H])c([2H])c(-c2nc3ccccc3nc2-c2ccc(N3c4cc5ccccc5cc4-c4cccc5cccc3c45)cc2)c([2H])c1[2H]. The Balaban J connectivity index is 1.26. The first-order valence-corrected chi connectivity index (χ1v) is 14.2. The molecule has 2 heterocycles. The number of anilines is 3. The molecule has 0 amide bonds. The van der Waals surface area contributed by atoms with E-state index >= 15 is 0 Å². The lowest BCUT2D eigenvalue weighted by Crippen LogP contribution is -2.15. The smallest absolute Gasteiger partial charge is 0.0973 e. The number of fused-ring (bicyclic) bond motifs is 4. The van der Waals surface area contributed by atoms with Crippen LogP contribution in [0.5, 0.6) is 0 Å². The van der Waals surface area contributed by atoms with Crippen LogP contribution in [0.4, 0.5) is 17.1 Å². The van der Waals surface area contributed by atoms with E-state index in [-0.39, 0.29) is 23.3 Å². The summed E-state index contributed by atoms with van der Waals surface area (Å²) in [5, 5.41) is 4.69. The molecule has 200 valence electrons. The highest BCUT2D eigenvalue weighted by Gasteiger charge is 2.26. The molecule has 1 aliphatic rings. The summed E-state index contributed by atoms with van der Waals surface area (Å²) in [6.07, 6.45) is 0. The van der Waals surface area contributed by atoms with Gasteiger partial charge in [-0.15, -0.1) is 0 Å². The number of para-hydroxylation sites is 2. The third-order valence-electron chi connectivity index (χ3n) is 8.22. The molecule has 0 spiro atoms. The monoisotopic (exact) mass is 552 g/mol. The van der Waals surface area contributed by atoms with Gasteiger partial charge in [-0.2, -0.15) is 0 Å². The highest BCUT2D eigenvalue weighted by atomic mass is 15.2. The van der Waals surface area contributed by atoms with Gasteiger partial charge in [0.25, 0.3) is 0 Å². The van der Waals surface area contributed by atoms with E-state index in [1.165, 1.54) is 21.7 Å². The quantitative estimate of drug-likeness (QED) is 0.218. The maximum Gasteiger partial charge on any atom is 0.0973 e. The fourth-order valence-corrected chi connectivity index (χ4v) is 6.28. The summed E-state index contributed by atoms with van der Waals surface area (Å²) in [6.45, 7) is 0. The van der Waals surface area contributed by atoms with Crippen LogP contribution in [0.1, 0.15) is 6.85 Å². The van der Waals surface area contributed by atoms with Crippen molar-refractivity contribution in [1.29, 1.82) is 0 Å².